The first-order valence-electron chi connectivity index (χ1n) is 0. The van der Waals surface area contributed by atoms with Gasteiger partial charge in [-0.2, -0.15) is 0 Å². The maximum atomic E-state index is 0. The molecule has 0 saturated carbocycles. The van der Waals surface area contributed by atoms with Gasteiger partial charge in [-0.1, -0.05) is 0 Å². The molecule has 50 valence electrons. The molecule has 0 amide bonds. The van der Waals surface area contributed by atoms with Crippen molar-refractivity contribution < 1.29 is 19.8 Å². The molecule has 7 heavy (non-hydrogen) atoms. The van der Waals surface area contributed by atoms with Crippen LogP contribution in [0.25, 0.3) is 0 Å². The summed E-state index contributed by atoms with van der Waals surface area (Å²) in [5.41, 5.74) is 0. The number of hydrogen-bond acceptors (Lipinski definition) is 0. The Kier molecular flexibility index (Phi) is 61800. The molecular formula is C6H18Os. The summed E-state index contributed by atoms with van der Waals surface area (Å²) >= 11 is 0. The van der Waals surface area contributed by atoms with Gasteiger partial charge in [0.25, 0.3) is 0 Å². The SMILES string of the molecule is [CH3-].[CH3-].[CH3-].[CH3-].[CH3-].[CH3-].[Os+6]. The summed E-state index contributed by atoms with van der Waals surface area (Å²) in [5.74, 6) is 0. The van der Waals surface area contributed by atoms with E-state index in [0.29, 0.717) is 0 Å². The van der Waals surface area contributed by atoms with Crippen LogP contribution < -0.4 is 0 Å². The normalized spacial score (nSPS) is 0. The minimum atomic E-state index is 0. The Morgan fingerprint density at radius 1 is 0.286 bits per heavy atom. The van der Waals surface area contributed by atoms with Gasteiger partial charge in [-0.25, -0.2) is 0 Å². The van der Waals surface area contributed by atoms with Crippen molar-refractivity contribution in [3.8, 4) is 0 Å². The van der Waals surface area contributed by atoms with Gasteiger partial charge in [0, 0.05) is 0 Å². The van der Waals surface area contributed by atoms with Gasteiger partial charge in [-0.15, -0.1) is 0 Å². The van der Waals surface area contributed by atoms with Crippen LogP contribution in [0.3, 0.4) is 0 Å². The fraction of sp³-hybridized carbons (Fsp3) is 0. The van der Waals surface area contributed by atoms with E-state index in [1.165, 1.54) is 0 Å². The summed E-state index contributed by atoms with van der Waals surface area (Å²) in [4.78, 5) is 0. The molecule has 0 heterocycles. The van der Waals surface area contributed by atoms with Crippen LogP contribution in [0, 0.1) is 44.6 Å². The molecular weight excluding hydrogens is 262 g/mol. The van der Waals surface area contributed by atoms with Gasteiger partial charge in [-0.3, -0.25) is 0 Å². The van der Waals surface area contributed by atoms with Crippen molar-refractivity contribution in [2.75, 3.05) is 0 Å². The van der Waals surface area contributed by atoms with Gasteiger partial charge in [0.1, 0.15) is 0 Å². The summed E-state index contributed by atoms with van der Waals surface area (Å²) in [6, 6.07) is 0. The van der Waals surface area contributed by atoms with E-state index in [1.54, 1.807) is 0 Å². The predicted molar refractivity (Wildman–Crippen MR) is 38.5 cm³/mol. The van der Waals surface area contributed by atoms with Crippen molar-refractivity contribution in [2.45, 2.75) is 0 Å². The van der Waals surface area contributed by atoms with Gasteiger partial charge in [0.15, 0.2) is 0 Å². The van der Waals surface area contributed by atoms with Crippen LogP contribution >= 0.6 is 0 Å². The summed E-state index contributed by atoms with van der Waals surface area (Å²) < 4.78 is 0. The van der Waals surface area contributed by atoms with Gasteiger partial charge in [0.2, 0.25) is 0 Å². The number of rotatable bonds is 0. The zero-order chi connectivity index (χ0) is 0. The maximum Gasteiger partial charge on any atom is 6.00 e. The van der Waals surface area contributed by atoms with Crippen molar-refractivity contribution in [1.82, 2.24) is 0 Å². The Hall–Kier alpha value is 0.636. The molecule has 0 aliphatic heterocycles. The second-order valence-electron chi connectivity index (χ2n) is 0. The fourth-order valence-corrected chi connectivity index (χ4v) is 0. The summed E-state index contributed by atoms with van der Waals surface area (Å²) in [6.07, 6.45) is 0. The summed E-state index contributed by atoms with van der Waals surface area (Å²) in [7, 11) is 0. The van der Waals surface area contributed by atoms with Crippen LogP contribution in [-0.4, -0.2) is 0 Å². The Morgan fingerprint density at radius 3 is 0.286 bits per heavy atom. The van der Waals surface area contributed by atoms with E-state index in [1.807, 2.05) is 0 Å². The molecule has 0 aromatic rings. The predicted octanol–water partition coefficient (Wildman–Crippen LogP) is 2.70. The second-order valence-corrected chi connectivity index (χ2v) is 0. The molecule has 0 aliphatic rings. The molecule has 0 aromatic carbocycles. The molecule has 0 radical (unpaired) electrons. The minimum Gasteiger partial charge on any atom is -0.358 e. The topological polar surface area (TPSA) is 0 Å². The Bertz CT molecular complexity index is 4.14. The van der Waals surface area contributed by atoms with Crippen LogP contribution in [0.5, 0.6) is 0 Å². The number of hydrogen-bond donors (Lipinski definition) is 0. The zero-order valence-corrected chi connectivity index (χ0v) is 8.89. The average Bonchev–Trinajstić information content (AvgIpc) is 0. The van der Waals surface area contributed by atoms with E-state index in [0.717, 1.165) is 0 Å². The first-order valence-corrected chi connectivity index (χ1v) is 0. The van der Waals surface area contributed by atoms with Crippen molar-refractivity contribution in [2.24, 2.45) is 0 Å². The third-order valence-corrected chi connectivity index (χ3v) is 0. The molecule has 0 fully saturated rings. The molecule has 0 saturated heterocycles. The molecule has 0 aliphatic carbocycles. The maximum absolute atomic E-state index is 0. The Morgan fingerprint density at radius 2 is 0.286 bits per heavy atom. The van der Waals surface area contributed by atoms with Crippen LogP contribution in [0.4, 0.5) is 0 Å². The summed E-state index contributed by atoms with van der Waals surface area (Å²) in [6.45, 7) is 0. The molecule has 0 nitrogen and oxygen atoms in total. The smallest absolute Gasteiger partial charge is 0.358 e. The average molecular weight is 280 g/mol. The van der Waals surface area contributed by atoms with Crippen molar-refractivity contribution in [1.29, 1.82) is 0 Å². The van der Waals surface area contributed by atoms with Crippen LogP contribution in [0.1, 0.15) is 0 Å². The zero-order valence-electron chi connectivity index (χ0n) is 6.35. The Labute approximate surface area is 64.8 Å². The van der Waals surface area contributed by atoms with E-state index >= 15 is 0 Å². The quantitative estimate of drug-likeness (QED) is 0.599. The van der Waals surface area contributed by atoms with E-state index < -0.39 is 0 Å². The van der Waals surface area contributed by atoms with Crippen LogP contribution in [0.2, 0.25) is 0 Å². The van der Waals surface area contributed by atoms with E-state index in [-0.39, 0.29) is 64.4 Å². The first kappa shape index (κ1) is 830. The van der Waals surface area contributed by atoms with Crippen molar-refractivity contribution in [3.05, 3.63) is 44.6 Å². The van der Waals surface area contributed by atoms with Gasteiger partial charge in [0.05, 0.1) is 0 Å². The molecule has 0 aromatic heterocycles. The molecule has 0 N–H and O–H groups in total. The van der Waals surface area contributed by atoms with Gasteiger partial charge in [-0.05, 0) is 0 Å². The largest absolute Gasteiger partial charge is 6.00 e. The molecule has 0 spiro atoms. The van der Waals surface area contributed by atoms with E-state index in [4.69, 9.17) is 0 Å². The molecule has 0 unspecified atom stereocenters. The van der Waals surface area contributed by atoms with E-state index in [9.17, 15) is 0 Å². The summed E-state index contributed by atoms with van der Waals surface area (Å²) in [5, 5.41) is 0. The molecule has 0 rings (SSSR count). The Balaban J connectivity index is 0. The van der Waals surface area contributed by atoms with Gasteiger partial charge < -0.3 is 44.6 Å². The fourth-order valence-electron chi connectivity index (χ4n) is 0. The van der Waals surface area contributed by atoms with E-state index in [2.05, 4.69) is 0 Å². The van der Waals surface area contributed by atoms with Crippen LogP contribution in [0.15, 0.2) is 0 Å². The molecule has 0 atom stereocenters. The molecule has 1 heteroatoms. The van der Waals surface area contributed by atoms with Crippen LogP contribution in [-0.2, 0) is 19.8 Å². The van der Waals surface area contributed by atoms with Crippen molar-refractivity contribution in [3.63, 3.8) is 0 Å². The minimum absolute atomic E-state index is 0. The second kappa shape index (κ2) is 521. The third-order valence-electron chi connectivity index (χ3n) is 0. The first-order chi connectivity index (χ1) is 0. The molecule has 0 bridgehead atoms. The van der Waals surface area contributed by atoms with Crippen molar-refractivity contribution >= 4 is 0 Å². The third kappa shape index (κ3) is 352. The monoisotopic (exact) mass is 282 g/mol. The standard InChI is InChI=1S/6CH3.Os/h6*1H3;/q6*-1;+6. The van der Waals surface area contributed by atoms with Gasteiger partial charge >= 0.3 is 19.8 Å².